The normalized spacial score (nSPS) is 13.6. The van der Waals surface area contributed by atoms with Gasteiger partial charge in [0.2, 0.25) is 0 Å². The van der Waals surface area contributed by atoms with E-state index in [4.69, 9.17) is 16.7 Å². The number of hydrogen-bond donors (Lipinski definition) is 3. The summed E-state index contributed by atoms with van der Waals surface area (Å²) in [5, 5.41) is 14.9. The van der Waals surface area contributed by atoms with Gasteiger partial charge in [0.1, 0.15) is 0 Å². The fourth-order valence-electron chi connectivity index (χ4n) is 1.91. The summed E-state index contributed by atoms with van der Waals surface area (Å²) < 4.78 is 0. The van der Waals surface area contributed by atoms with Crippen LogP contribution in [0.1, 0.15) is 38.8 Å². The lowest BCUT2D eigenvalue weighted by Gasteiger charge is -2.22. The summed E-state index contributed by atoms with van der Waals surface area (Å²) in [7, 11) is 0. The first-order valence-corrected chi connectivity index (χ1v) is 7.21. The molecule has 0 saturated carbocycles. The van der Waals surface area contributed by atoms with E-state index in [2.05, 4.69) is 10.6 Å². The monoisotopic (exact) mass is 312 g/mol. The largest absolute Gasteiger partial charge is 0.481 e. The Labute approximate surface area is 129 Å². The van der Waals surface area contributed by atoms with Crippen molar-refractivity contribution in [2.24, 2.45) is 5.92 Å². The molecule has 0 spiro atoms. The highest BCUT2D eigenvalue weighted by Crippen LogP contribution is 2.17. The lowest BCUT2D eigenvalue weighted by molar-refractivity contribution is -0.137. The Kier molecular flexibility index (Phi) is 6.49. The van der Waals surface area contributed by atoms with Crippen LogP contribution in [0.4, 0.5) is 4.79 Å². The van der Waals surface area contributed by atoms with Crippen molar-refractivity contribution in [3.8, 4) is 0 Å². The minimum Gasteiger partial charge on any atom is -0.481 e. The Bertz CT molecular complexity index is 505. The Morgan fingerprint density at radius 1 is 1.24 bits per heavy atom. The quantitative estimate of drug-likeness (QED) is 0.754. The number of urea groups is 1. The van der Waals surface area contributed by atoms with E-state index in [1.807, 2.05) is 32.9 Å². The minimum absolute atomic E-state index is 0.0355. The molecule has 0 aliphatic heterocycles. The molecule has 0 aliphatic rings. The van der Waals surface area contributed by atoms with E-state index < -0.39 is 12.0 Å². The van der Waals surface area contributed by atoms with Crippen molar-refractivity contribution < 1.29 is 14.7 Å². The van der Waals surface area contributed by atoms with Crippen LogP contribution in [0.5, 0.6) is 0 Å². The van der Waals surface area contributed by atoms with Crippen LogP contribution in [0.15, 0.2) is 24.3 Å². The summed E-state index contributed by atoms with van der Waals surface area (Å²) in [6.45, 7) is 5.58. The third-order valence-electron chi connectivity index (χ3n) is 3.21. The second-order valence-electron chi connectivity index (χ2n) is 5.34. The molecular weight excluding hydrogens is 292 g/mol. The predicted molar refractivity (Wildman–Crippen MR) is 82.4 cm³/mol. The molecule has 0 heterocycles. The van der Waals surface area contributed by atoms with Gasteiger partial charge in [-0.15, -0.1) is 0 Å². The van der Waals surface area contributed by atoms with Crippen LogP contribution in [-0.4, -0.2) is 23.1 Å². The average molecular weight is 313 g/mol. The molecular formula is C15H21ClN2O3. The fourth-order valence-corrected chi connectivity index (χ4v) is 2.11. The predicted octanol–water partition coefficient (Wildman–Crippen LogP) is 3.20. The molecule has 0 aromatic heterocycles. The lowest BCUT2D eigenvalue weighted by atomic mass is 10.0. The molecule has 6 heteroatoms. The van der Waals surface area contributed by atoms with Crippen molar-refractivity contribution in [1.29, 1.82) is 0 Å². The van der Waals surface area contributed by atoms with E-state index in [1.54, 1.807) is 12.1 Å². The molecule has 1 rings (SSSR count). The van der Waals surface area contributed by atoms with E-state index in [0.717, 1.165) is 5.56 Å². The van der Waals surface area contributed by atoms with Crippen molar-refractivity contribution in [2.75, 3.05) is 0 Å². The van der Waals surface area contributed by atoms with Crippen molar-refractivity contribution in [2.45, 2.75) is 39.3 Å². The number of nitrogens with one attached hydrogen (secondary N) is 2. The van der Waals surface area contributed by atoms with E-state index >= 15 is 0 Å². The second kappa shape index (κ2) is 7.88. The number of hydrogen-bond acceptors (Lipinski definition) is 2. The number of benzene rings is 1. The number of amides is 2. The van der Waals surface area contributed by atoms with Crippen LogP contribution < -0.4 is 10.6 Å². The van der Waals surface area contributed by atoms with Crippen LogP contribution in [0.3, 0.4) is 0 Å². The zero-order valence-corrected chi connectivity index (χ0v) is 13.1. The van der Waals surface area contributed by atoms with Crippen LogP contribution in [-0.2, 0) is 4.79 Å². The number of carbonyl (C=O) groups is 2. The summed E-state index contributed by atoms with van der Waals surface area (Å²) >= 11 is 5.92. The Morgan fingerprint density at radius 2 is 1.90 bits per heavy atom. The zero-order chi connectivity index (χ0) is 16.0. The third-order valence-corrected chi connectivity index (χ3v) is 3.45. The standard InChI is InChI=1S/C15H21ClN2O3/c1-9(2)13(8-14(19)20)18-15(21)17-10(3)11-5-4-6-12(16)7-11/h4-7,9-10,13H,8H2,1-3H3,(H,19,20)(H2,17,18,21). The smallest absolute Gasteiger partial charge is 0.315 e. The molecule has 0 aliphatic carbocycles. The lowest BCUT2D eigenvalue weighted by Crippen LogP contribution is -2.46. The Morgan fingerprint density at radius 3 is 2.43 bits per heavy atom. The van der Waals surface area contributed by atoms with Crippen molar-refractivity contribution >= 4 is 23.6 Å². The molecule has 0 fully saturated rings. The second-order valence-corrected chi connectivity index (χ2v) is 5.78. The molecule has 0 bridgehead atoms. The summed E-state index contributed by atoms with van der Waals surface area (Å²) in [6, 6.07) is 6.21. The zero-order valence-electron chi connectivity index (χ0n) is 12.4. The Balaban J connectivity index is 2.61. The molecule has 1 aromatic rings. The van der Waals surface area contributed by atoms with Crippen molar-refractivity contribution in [3.63, 3.8) is 0 Å². The number of carboxylic acid groups (broad SMARTS) is 1. The first-order chi connectivity index (χ1) is 9.79. The van der Waals surface area contributed by atoms with Crippen molar-refractivity contribution in [1.82, 2.24) is 10.6 Å². The van der Waals surface area contributed by atoms with Gasteiger partial charge in [0, 0.05) is 11.1 Å². The SMILES string of the molecule is CC(NC(=O)NC(CC(=O)O)C(C)C)c1cccc(Cl)c1. The minimum atomic E-state index is -0.933. The van der Waals surface area contributed by atoms with Gasteiger partial charge >= 0.3 is 12.0 Å². The maximum absolute atomic E-state index is 12.0. The van der Waals surface area contributed by atoms with Gasteiger partial charge in [-0.05, 0) is 30.5 Å². The summed E-state index contributed by atoms with van der Waals surface area (Å²) in [4.78, 5) is 22.8. The first kappa shape index (κ1) is 17.3. The number of rotatable bonds is 6. The maximum Gasteiger partial charge on any atom is 0.315 e. The van der Waals surface area contributed by atoms with Crippen LogP contribution >= 0.6 is 11.6 Å². The van der Waals surface area contributed by atoms with Crippen molar-refractivity contribution in [3.05, 3.63) is 34.9 Å². The molecule has 0 saturated heterocycles. The van der Waals surface area contributed by atoms with Gasteiger partial charge in [-0.1, -0.05) is 37.6 Å². The Hall–Kier alpha value is -1.75. The molecule has 21 heavy (non-hydrogen) atoms. The molecule has 1 aromatic carbocycles. The summed E-state index contributed by atoms with van der Waals surface area (Å²) in [6.07, 6.45) is -0.101. The van der Waals surface area contributed by atoms with E-state index in [-0.39, 0.29) is 24.4 Å². The maximum atomic E-state index is 12.0. The molecule has 116 valence electrons. The summed E-state index contributed by atoms with van der Waals surface area (Å²) in [5.41, 5.74) is 0.886. The topological polar surface area (TPSA) is 78.4 Å². The average Bonchev–Trinajstić information content (AvgIpc) is 2.37. The van der Waals surface area contributed by atoms with Gasteiger partial charge in [-0.25, -0.2) is 4.79 Å². The fraction of sp³-hybridized carbons (Fsp3) is 0.467. The highest BCUT2D eigenvalue weighted by Gasteiger charge is 2.20. The van der Waals surface area contributed by atoms with Gasteiger partial charge in [0.15, 0.2) is 0 Å². The van der Waals surface area contributed by atoms with Crippen LogP contribution in [0.25, 0.3) is 0 Å². The van der Waals surface area contributed by atoms with Gasteiger partial charge < -0.3 is 15.7 Å². The number of aliphatic carboxylic acids is 1. The molecule has 2 amide bonds. The molecule has 3 N–H and O–H groups in total. The third kappa shape index (κ3) is 6.04. The highest BCUT2D eigenvalue weighted by atomic mass is 35.5. The summed E-state index contributed by atoms with van der Waals surface area (Å²) in [5.74, 6) is -0.898. The first-order valence-electron chi connectivity index (χ1n) is 6.84. The number of carboxylic acids is 1. The molecule has 0 radical (unpaired) electrons. The van der Waals surface area contributed by atoms with Crippen LogP contribution in [0.2, 0.25) is 5.02 Å². The van der Waals surface area contributed by atoms with Crippen LogP contribution in [0, 0.1) is 5.92 Å². The van der Waals surface area contributed by atoms with E-state index in [0.29, 0.717) is 5.02 Å². The van der Waals surface area contributed by atoms with E-state index in [9.17, 15) is 9.59 Å². The van der Waals surface area contributed by atoms with Gasteiger partial charge in [0.25, 0.3) is 0 Å². The molecule has 5 nitrogen and oxygen atoms in total. The van der Waals surface area contributed by atoms with E-state index in [1.165, 1.54) is 0 Å². The van der Waals surface area contributed by atoms with Gasteiger partial charge in [-0.2, -0.15) is 0 Å². The molecule has 2 atom stereocenters. The molecule has 2 unspecified atom stereocenters. The van der Waals surface area contributed by atoms with Gasteiger partial charge in [0.05, 0.1) is 12.5 Å². The number of halogens is 1. The number of carbonyl (C=O) groups excluding carboxylic acids is 1. The highest BCUT2D eigenvalue weighted by molar-refractivity contribution is 6.30. The van der Waals surface area contributed by atoms with Gasteiger partial charge in [-0.3, -0.25) is 4.79 Å².